The second-order valence-corrected chi connectivity index (χ2v) is 8.85. The van der Waals surface area contributed by atoms with Crippen molar-refractivity contribution in [1.29, 1.82) is 0 Å². The first-order valence-corrected chi connectivity index (χ1v) is 10.6. The van der Waals surface area contributed by atoms with E-state index in [1.807, 2.05) is 53.7 Å². The standard InChI is InChI=1S/C24H32N4O2/c1-24(2,3)21-6-4-20(5-7-21)23(30)26-13-10-22(29)28-16-14-27(15-17-28)18-19-8-11-25-12-9-19/h4-9,11-12H,10,13-18H2,1-3H3,(H,26,30). The lowest BCUT2D eigenvalue weighted by Gasteiger charge is -2.34. The summed E-state index contributed by atoms with van der Waals surface area (Å²) in [4.78, 5) is 33.1. The zero-order valence-electron chi connectivity index (χ0n) is 18.2. The highest BCUT2D eigenvalue weighted by atomic mass is 16.2. The van der Waals surface area contributed by atoms with Crippen LogP contribution in [0.15, 0.2) is 48.8 Å². The van der Waals surface area contributed by atoms with Crippen LogP contribution in [0.1, 0.15) is 48.7 Å². The van der Waals surface area contributed by atoms with Gasteiger partial charge in [-0.15, -0.1) is 0 Å². The molecule has 0 spiro atoms. The zero-order chi connectivity index (χ0) is 21.6. The van der Waals surface area contributed by atoms with Gasteiger partial charge < -0.3 is 10.2 Å². The van der Waals surface area contributed by atoms with Crippen LogP contribution >= 0.6 is 0 Å². The van der Waals surface area contributed by atoms with E-state index < -0.39 is 0 Å². The Labute approximate surface area is 179 Å². The first-order valence-electron chi connectivity index (χ1n) is 10.6. The van der Waals surface area contributed by atoms with Crippen molar-refractivity contribution in [3.8, 4) is 0 Å². The van der Waals surface area contributed by atoms with Gasteiger partial charge in [-0.1, -0.05) is 32.9 Å². The number of hydrogen-bond acceptors (Lipinski definition) is 4. The Kier molecular flexibility index (Phi) is 7.21. The predicted molar refractivity (Wildman–Crippen MR) is 118 cm³/mol. The van der Waals surface area contributed by atoms with Crippen LogP contribution in [0.3, 0.4) is 0 Å². The Hall–Kier alpha value is -2.73. The first kappa shape index (κ1) is 22.0. The maximum absolute atomic E-state index is 12.5. The molecule has 0 atom stereocenters. The van der Waals surface area contributed by atoms with E-state index in [1.54, 1.807) is 0 Å². The van der Waals surface area contributed by atoms with Crippen LogP contribution < -0.4 is 5.32 Å². The average Bonchev–Trinajstić information content (AvgIpc) is 2.74. The van der Waals surface area contributed by atoms with Crippen molar-refractivity contribution in [2.45, 2.75) is 39.2 Å². The molecule has 3 rings (SSSR count). The van der Waals surface area contributed by atoms with Crippen molar-refractivity contribution in [3.63, 3.8) is 0 Å². The van der Waals surface area contributed by atoms with E-state index in [0.717, 1.165) is 32.7 Å². The molecule has 1 aromatic heterocycles. The zero-order valence-corrected chi connectivity index (χ0v) is 18.2. The van der Waals surface area contributed by atoms with Gasteiger partial charge in [0, 0.05) is 63.6 Å². The summed E-state index contributed by atoms with van der Waals surface area (Å²) in [5.74, 6) is -0.0348. The van der Waals surface area contributed by atoms with Crippen LogP contribution in [0, 0.1) is 0 Å². The van der Waals surface area contributed by atoms with Crippen molar-refractivity contribution >= 4 is 11.8 Å². The summed E-state index contributed by atoms with van der Waals surface area (Å²) in [5.41, 5.74) is 3.12. The molecule has 160 valence electrons. The summed E-state index contributed by atoms with van der Waals surface area (Å²) in [6, 6.07) is 11.7. The molecule has 6 heteroatoms. The maximum Gasteiger partial charge on any atom is 0.251 e. The third-order valence-electron chi connectivity index (χ3n) is 5.52. The largest absolute Gasteiger partial charge is 0.352 e. The predicted octanol–water partition coefficient (Wildman–Crippen LogP) is 2.84. The normalized spacial score (nSPS) is 15.1. The molecule has 0 aliphatic carbocycles. The molecule has 0 saturated carbocycles. The molecule has 1 aliphatic rings. The van der Waals surface area contributed by atoms with E-state index in [9.17, 15) is 9.59 Å². The second-order valence-electron chi connectivity index (χ2n) is 8.85. The van der Waals surface area contributed by atoms with E-state index in [2.05, 4.69) is 36.0 Å². The number of benzene rings is 1. The van der Waals surface area contributed by atoms with Crippen LogP contribution in [-0.4, -0.2) is 59.3 Å². The number of aromatic nitrogens is 1. The summed E-state index contributed by atoms with van der Waals surface area (Å²) in [5, 5.41) is 2.87. The minimum absolute atomic E-state index is 0.0593. The first-order chi connectivity index (χ1) is 14.3. The van der Waals surface area contributed by atoms with Crippen LogP contribution in [-0.2, 0) is 16.8 Å². The molecule has 1 aromatic carbocycles. The second kappa shape index (κ2) is 9.85. The minimum Gasteiger partial charge on any atom is -0.352 e. The average molecular weight is 409 g/mol. The van der Waals surface area contributed by atoms with Gasteiger partial charge in [-0.3, -0.25) is 19.5 Å². The van der Waals surface area contributed by atoms with Crippen LogP contribution in [0.25, 0.3) is 0 Å². The van der Waals surface area contributed by atoms with Gasteiger partial charge in [0.15, 0.2) is 0 Å². The summed E-state index contributed by atoms with van der Waals surface area (Å²) in [6.07, 6.45) is 3.95. The topological polar surface area (TPSA) is 65.5 Å². The highest BCUT2D eigenvalue weighted by molar-refractivity contribution is 5.94. The molecule has 0 bridgehead atoms. The molecule has 2 amide bonds. The quantitative estimate of drug-likeness (QED) is 0.798. The maximum atomic E-state index is 12.5. The van der Waals surface area contributed by atoms with Gasteiger partial charge in [-0.2, -0.15) is 0 Å². The number of carbonyl (C=O) groups is 2. The van der Waals surface area contributed by atoms with Crippen molar-refractivity contribution in [2.24, 2.45) is 0 Å². The van der Waals surface area contributed by atoms with E-state index in [1.165, 1.54) is 11.1 Å². The molecule has 1 aliphatic heterocycles. The number of nitrogens with zero attached hydrogens (tertiary/aromatic N) is 3. The smallest absolute Gasteiger partial charge is 0.251 e. The Morgan fingerprint density at radius 1 is 0.967 bits per heavy atom. The molecule has 1 N–H and O–H groups in total. The Morgan fingerprint density at radius 3 is 2.20 bits per heavy atom. The van der Waals surface area contributed by atoms with Crippen molar-refractivity contribution in [2.75, 3.05) is 32.7 Å². The van der Waals surface area contributed by atoms with Crippen LogP contribution in [0.4, 0.5) is 0 Å². The number of piperazine rings is 1. The lowest BCUT2D eigenvalue weighted by atomic mass is 9.87. The number of hydrogen-bond donors (Lipinski definition) is 1. The number of rotatable bonds is 6. The van der Waals surface area contributed by atoms with Gasteiger partial charge in [0.25, 0.3) is 5.91 Å². The van der Waals surface area contributed by atoms with Crippen LogP contribution in [0.2, 0.25) is 0 Å². The third-order valence-corrected chi connectivity index (χ3v) is 5.52. The summed E-state index contributed by atoms with van der Waals surface area (Å²) in [6.45, 7) is 10.9. The van der Waals surface area contributed by atoms with Gasteiger partial charge in [0.05, 0.1) is 0 Å². The van der Waals surface area contributed by atoms with E-state index in [4.69, 9.17) is 0 Å². The van der Waals surface area contributed by atoms with Crippen molar-refractivity contribution < 1.29 is 9.59 Å². The van der Waals surface area contributed by atoms with Gasteiger partial charge in [0.2, 0.25) is 5.91 Å². The SMILES string of the molecule is CC(C)(C)c1ccc(C(=O)NCCC(=O)N2CCN(Cc3ccncc3)CC2)cc1. The number of pyridine rings is 1. The molecule has 1 saturated heterocycles. The molecule has 2 aromatic rings. The lowest BCUT2D eigenvalue weighted by Crippen LogP contribution is -2.48. The van der Waals surface area contributed by atoms with Crippen molar-refractivity contribution in [1.82, 2.24) is 20.1 Å². The summed E-state index contributed by atoms with van der Waals surface area (Å²) in [7, 11) is 0. The van der Waals surface area contributed by atoms with E-state index in [0.29, 0.717) is 18.5 Å². The third kappa shape index (κ3) is 6.13. The molecular weight excluding hydrogens is 376 g/mol. The van der Waals surface area contributed by atoms with Crippen LogP contribution in [0.5, 0.6) is 0 Å². The molecule has 0 radical (unpaired) electrons. The van der Waals surface area contributed by atoms with E-state index in [-0.39, 0.29) is 17.2 Å². The Morgan fingerprint density at radius 2 is 1.60 bits per heavy atom. The highest BCUT2D eigenvalue weighted by Gasteiger charge is 2.21. The fourth-order valence-electron chi connectivity index (χ4n) is 3.57. The lowest BCUT2D eigenvalue weighted by molar-refractivity contribution is -0.132. The Bertz CT molecular complexity index is 836. The molecular formula is C24H32N4O2. The number of nitrogens with one attached hydrogen (secondary N) is 1. The van der Waals surface area contributed by atoms with Crippen molar-refractivity contribution in [3.05, 3.63) is 65.5 Å². The van der Waals surface area contributed by atoms with Gasteiger partial charge in [-0.05, 0) is 40.8 Å². The molecule has 2 heterocycles. The Balaban J connectivity index is 1.38. The molecule has 0 unspecified atom stereocenters. The summed E-state index contributed by atoms with van der Waals surface area (Å²) >= 11 is 0. The number of amides is 2. The fourth-order valence-corrected chi connectivity index (χ4v) is 3.57. The fraction of sp³-hybridized carbons (Fsp3) is 0.458. The summed E-state index contributed by atoms with van der Waals surface area (Å²) < 4.78 is 0. The van der Waals surface area contributed by atoms with Gasteiger partial charge in [-0.25, -0.2) is 0 Å². The monoisotopic (exact) mass is 408 g/mol. The molecule has 30 heavy (non-hydrogen) atoms. The molecule has 1 fully saturated rings. The number of carbonyl (C=O) groups excluding carboxylic acids is 2. The molecule has 6 nitrogen and oxygen atoms in total. The highest BCUT2D eigenvalue weighted by Crippen LogP contribution is 2.22. The minimum atomic E-state index is -0.134. The van der Waals surface area contributed by atoms with Gasteiger partial charge in [0.1, 0.15) is 0 Å². The van der Waals surface area contributed by atoms with Gasteiger partial charge >= 0.3 is 0 Å². The van der Waals surface area contributed by atoms with E-state index >= 15 is 0 Å².